The first-order valence-corrected chi connectivity index (χ1v) is 7.49. The van der Waals surface area contributed by atoms with Crippen molar-refractivity contribution >= 4 is 15.9 Å². The normalized spacial score (nSPS) is 12.9. The van der Waals surface area contributed by atoms with Gasteiger partial charge in [-0.2, -0.15) is 0 Å². The Hall–Kier alpha value is -0.380. The molecule has 102 valence electrons. The molecule has 1 unspecified atom stereocenters. The summed E-state index contributed by atoms with van der Waals surface area (Å²) in [6, 6.07) is 9.09. The van der Waals surface area contributed by atoms with Gasteiger partial charge in [0.15, 0.2) is 0 Å². The molecule has 0 aromatic heterocycles. The van der Waals surface area contributed by atoms with Crippen molar-refractivity contribution in [2.45, 2.75) is 39.2 Å². The van der Waals surface area contributed by atoms with Crippen LogP contribution in [0.1, 0.15) is 38.7 Å². The number of rotatable bonds is 8. The fraction of sp³-hybridized carbons (Fsp3) is 0.600. The van der Waals surface area contributed by atoms with Crippen LogP contribution in [0.2, 0.25) is 0 Å². The molecule has 0 bridgehead atoms. The number of hydrogen-bond donors (Lipinski definition) is 1. The van der Waals surface area contributed by atoms with Gasteiger partial charge >= 0.3 is 0 Å². The molecule has 0 saturated carbocycles. The Morgan fingerprint density at radius 3 is 2.72 bits per heavy atom. The van der Waals surface area contributed by atoms with Crippen molar-refractivity contribution in [3.05, 3.63) is 34.3 Å². The lowest BCUT2D eigenvalue weighted by atomic mass is 9.96. The smallest absolute Gasteiger partial charge is 0.0472 e. The number of hydrogen-bond acceptors (Lipinski definition) is 2. The van der Waals surface area contributed by atoms with Gasteiger partial charge in [0, 0.05) is 30.3 Å². The summed E-state index contributed by atoms with van der Waals surface area (Å²) in [6.07, 6.45) is 1.06. The van der Waals surface area contributed by atoms with Crippen LogP contribution in [0.3, 0.4) is 0 Å². The Bertz CT molecular complexity index is 341. The predicted molar refractivity (Wildman–Crippen MR) is 81.1 cm³/mol. The zero-order valence-corrected chi connectivity index (χ0v) is 13.2. The van der Waals surface area contributed by atoms with Crippen LogP contribution in [0.5, 0.6) is 0 Å². The van der Waals surface area contributed by atoms with Gasteiger partial charge in [-0.15, -0.1) is 0 Å². The van der Waals surface area contributed by atoms with Crippen molar-refractivity contribution in [1.29, 1.82) is 0 Å². The van der Waals surface area contributed by atoms with E-state index in [2.05, 4.69) is 59.4 Å². The highest BCUT2D eigenvalue weighted by Crippen LogP contribution is 2.22. The van der Waals surface area contributed by atoms with Crippen molar-refractivity contribution < 1.29 is 4.74 Å². The summed E-state index contributed by atoms with van der Waals surface area (Å²) in [6.45, 7) is 9.03. The third-order valence-corrected chi connectivity index (χ3v) is 3.40. The van der Waals surface area contributed by atoms with Crippen LogP contribution in [-0.4, -0.2) is 25.8 Å². The van der Waals surface area contributed by atoms with Gasteiger partial charge in [0.05, 0.1) is 0 Å². The maximum Gasteiger partial charge on any atom is 0.0472 e. The average molecular weight is 314 g/mol. The molecule has 0 spiro atoms. The van der Waals surface area contributed by atoms with Crippen molar-refractivity contribution in [1.82, 2.24) is 5.32 Å². The lowest BCUT2D eigenvalue weighted by molar-refractivity contribution is 0.139. The van der Waals surface area contributed by atoms with Gasteiger partial charge in [0.1, 0.15) is 0 Å². The lowest BCUT2D eigenvalue weighted by Gasteiger charge is -2.20. The van der Waals surface area contributed by atoms with Crippen LogP contribution in [0, 0.1) is 0 Å². The lowest BCUT2D eigenvalue weighted by Crippen LogP contribution is -2.28. The van der Waals surface area contributed by atoms with Gasteiger partial charge in [-0.05, 0) is 37.0 Å². The Morgan fingerprint density at radius 1 is 1.33 bits per heavy atom. The highest BCUT2D eigenvalue weighted by molar-refractivity contribution is 9.10. The minimum atomic E-state index is 0.511. The first-order chi connectivity index (χ1) is 8.63. The maximum absolute atomic E-state index is 5.48. The molecule has 1 N–H and O–H groups in total. The molecule has 0 aliphatic rings. The second kappa shape index (κ2) is 8.68. The van der Waals surface area contributed by atoms with E-state index < -0.39 is 0 Å². The van der Waals surface area contributed by atoms with Gasteiger partial charge in [-0.1, -0.05) is 41.9 Å². The van der Waals surface area contributed by atoms with E-state index >= 15 is 0 Å². The molecule has 1 atom stereocenters. The summed E-state index contributed by atoms with van der Waals surface area (Å²) >= 11 is 3.54. The molecule has 0 radical (unpaired) electrons. The summed E-state index contributed by atoms with van der Waals surface area (Å²) in [5, 5.41) is 3.52. The number of benzene rings is 1. The fourth-order valence-corrected chi connectivity index (χ4v) is 2.31. The van der Waals surface area contributed by atoms with Crippen molar-refractivity contribution in [2.75, 3.05) is 19.8 Å². The van der Waals surface area contributed by atoms with Crippen LogP contribution >= 0.6 is 15.9 Å². The van der Waals surface area contributed by atoms with E-state index in [4.69, 9.17) is 4.74 Å². The first kappa shape index (κ1) is 15.7. The Labute approximate surface area is 119 Å². The molecular formula is C15H24BrNO. The molecule has 18 heavy (non-hydrogen) atoms. The quantitative estimate of drug-likeness (QED) is 0.734. The van der Waals surface area contributed by atoms with E-state index in [1.54, 1.807) is 0 Å². The van der Waals surface area contributed by atoms with E-state index in [0.717, 1.165) is 30.7 Å². The molecular weight excluding hydrogens is 290 g/mol. The molecule has 3 heteroatoms. The standard InChI is InChI=1S/C15H24BrNO/c1-4-18-9-8-14(11-17-12(2)3)13-6-5-7-15(16)10-13/h5-7,10,12,14,17H,4,8-9,11H2,1-3H3. The number of halogens is 1. The van der Waals surface area contributed by atoms with E-state index in [1.807, 2.05) is 6.92 Å². The summed E-state index contributed by atoms with van der Waals surface area (Å²) in [5.74, 6) is 0.511. The molecule has 1 rings (SSSR count). The van der Waals surface area contributed by atoms with Crippen LogP contribution < -0.4 is 5.32 Å². The minimum absolute atomic E-state index is 0.511. The summed E-state index contributed by atoms with van der Waals surface area (Å²) in [7, 11) is 0. The summed E-state index contributed by atoms with van der Waals surface area (Å²) in [5.41, 5.74) is 1.37. The van der Waals surface area contributed by atoms with Gasteiger partial charge < -0.3 is 10.1 Å². The van der Waals surface area contributed by atoms with E-state index in [9.17, 15) is 0 Å². The van der Waals surface area contributed by atoms with E-state index in [0.29, 0.717) is 12.0 Å². The van der Waals surface area contributed by atoms with Gasteiger partial charge in [0.25, 0.3) is 0 Å². The number of nitrogens with one attached hydrogen (secondary N) is 1. The minimum Gasteiger partial charge on any atom is -0.382 e. The fourth-order valence-electron chi connectivity index (χ4n) is 1.89. The molecule has 0 fully saturated rings. The molecule has 0 aliphatic carbocycles. The zero-order chi connectivity index (χ0) is 13.4. The molecule has 0 saturated heterocycles. The third kappa shape index (κ3) is 5.98. The second-order valence-electron chi connectivity index (χ2n) is 4.80. The average Bonchev–Trinajstić information content (AvgIpc) is 2.33. The zero-order valence-electron chi connectivity index (χ0n) is 11.6. The van der Waals surface area contributed by atoms with Crippen molar-refractivity contribution in [2.24, 2.45) is 0 Å². The Morgan fingerprint density at radius 2 is 2.11 bits per heavy atom. The Kier molecular flexibility index (Phi) is 7.56. The highest BCUT2D eigenvalue weighted by Gasteiger charge is 2.12. The van der Waals surface area contributed by atoms with Crippen LogP contribution in [-0.2, 0) is 4.74 Å². The molecule has 1 aromatic carbocycles. The first-order valence-electron chi connectivity index (χ1n) is 6.70. The maximum atomic E-state index is 5.48. The van der Waals surface area contributed by atoms with Gasteiger partial charge in [-0.25, -0.2) is 0 Å². The van der Waals surface area contributed by atoms with Gasteiger partial charge in [0.2, 0.25) is 0 Å². The van der Waals surface area contributed by atoms with Crippen molar-refractivity contribution in [3.63, 3.8) is 0 Å². The monoisotopic (exact) mass is 313 g/mol. The molecule has 0 heterocycles. The SMILES string of the molecule is CCOCCC(CNC(C)C)c1cccc(Br)c1. The van der Waals surface area contributed by atoms with Crippen LogP contribution in [0.4, 0.5) is 0 Å². The number of ether oxygens (including phenoxy) is 1. The van der Waals surface area contributed by atoms with Gasteiger partial charge in [-0.3, -0.25) is 0 Å². The predicted octanol–water partition coefficient (Wildman–Crippen LogP) is 3.96. The van der Waals surface area contributed by atoms with E-state index in [1.165, 1.54) is 5.56 Å². The molecule has 0 aliphatic heterocycles. The molecule has 2 nitrogen and oxygen atoms in total. The van der Waals surface area contributed by atoms with E-state index in [-0.39, 0.29) is 0 Å². The van der Waals surface area contributed by atoms with Crippen LogP contribution in [0.25, 0.3) is 0 Å². The van der Waals surface area contributed by atoms with Crippen LogP contribution in [0.15, 0.2) is 28.7 Å². The molecule has 1 aromatic rings. The summed E-state index contributed by atoms with van der Waals surface area (Å²) in [4.78, 5) is 0. The largest absolute Gasteiger partial charge is 0.382 e. The highest BCUT2D eigenvalue weighted by atomic mass is 79.9. The third-order valence-electron chi connectivity index (χ3n) is 2.91. The van der Waals surface area contributed by atoms with Crippen molar-refractivity contribution in [3.8, 4) is 0 Å². The molecule has 0 amide bonds. The summed E-state index contributed by atoms with van der Waals surface area (Å²) < 4.78 is 6.63. The second-order valence-corrected chi connectivity index (χ2v) is 5.72. The topological polar surface area (TPSA) is 21.3 Å². The Balaban J connectivity index is 2.63.